The summed E-state index contributed by atoms with van der Waals surface area (Å²) < 4.78 is 6.13. The van der Waals surface area contributed by atoms with Crippen molar-refractivity contribution >= 4 is 23.4 Å². The van der Waals surface area contributed by atoms with Gasteiger partial charge in [-0.3, -0.25) is 14.4 Å². The molecule has 1 fully saturated rings. The highest BCUT2D eigenvalue weighted by Gasteiger charge is 2.29. The molecule has 0 spiro atoms. The first kappa shape index (κ1) is 35.8. The molecule has 47 heavy (non-hydrogen) atoms. The third-order valence-electron chi connectivity index (χ3n) is 8.77. The van der Waals surface area contributed by atoms with Gasteiger partial charge in [0.2, 0.25) is 17.7 Å². The van der Waals surface area contributed by atoms with E-state index >= 15 is 0 Å². The molecular formula is C38H53N5O4. The minimum atomic E-state index is -0.751. The van der Waals surface area contributed by atoms with Crippen LogP contribution in [0.1, 0.15) is 98.0 Å². The lowest BCUT2D eigenvalue weighted by Crippen LogP contribution is -2.49. The zero-order valence-corrected chi connectivity index (χ0v) is 28.9. The number of allylic oxidation sites excluding steroid dienone is 2. The number of nitrogens with zero attached hydrogens (tertiary/aromatic N) is 1. The van der Waals surface area contributed by atoms with E-state index in [9.17, 15) is 14.4 Å². The van der Waals surface area contributed by atoms with Crippen LogP contribution in [0.15, 0.2) is 60.0 Å². The van der Waals surface area contributed by atoms with Gasteiger partial charge in [-0.15, -0.1) is 0 Å². The van der Waals surface area contributed by atoms with Crippen LogP contribution in [0.2, 0.25) is 0 Å². The van der Waals surface area contributed by atoms with Crippen LogP contribution in [0.5, 0.6) is 0 Å². The van der Waals surface area contributed by atoms with E-state index < -0.39 is 11.1 Å². The third kappa shape index (κ3) is 11.0. The number of ether oxygens (including phenoxy) is 1. The minimum absolute atomic E-state index is 0.00272. The van der Waals surface area contributed by atoms with Crippen LogP contribution in [0.4, 0.5) is 5.69 Å². The quantitative estimate of drug-likeness (QED) is 0.158. The van der Waals surface area contributed by atoms with Gasteiger partial charge in [-0.1, -0.05) is 55.5 Å². The van der Waals surface area contributed by atoms with E-state index in [1.165, 1.54) is 0 Å². The molecule has 0 bridgehead atoms. The van der Waals surface area contributed by atoms with Crippen LogP contribution in [0, 0.1) is 11.8 Å². The van der Waals surface area contributed by atoms with Gasteiger partial charge in [0.25, 0.3) is 0 Å². The maximum Gasteiger partial charge on any atom is 0.229 e. The molecule has 4 rings (SSSR count). The molecule has 1 aliphatic carbocycles. The van der Waals surface area contributed by atoms with Crippen molar-refractivity contribution in [1.29, 1.82) is 0 Å². The molecule has 0 radical (unpaired) electrons. The first-order valence-corrected chi connectivity index (χ1v) is 17.1. The van der Waals surface area contributed by atoms with Gasteiger partial charge in [-0.25, -0.2) is 0 Å². The molecule has 1 aromatic rings. The molecule has 1 aromatic carbocycles. The summed E-state index contributed by atoms with van der Waals surface area (Å²) in [5.41, 5.74) is 2.45. The molecule has 0 aromatic heterocycles. The average molecular weight is 644 g/mol. The van der Waals surface area contributed by atoms with E-state index in [1.807, 2.05) is 52.0 Å². The largest absolute Gasteiger partial charge is 0.373 e. The zero-order valence-electron chi connectivity index (χ0n) is 28.9. The fourth-order valence-electron chi connectivity index (χ4n) is 6.15. The van der Waals surface area contributed by atoms with E-state index in [4.69, 9.17) is 4.74 Å². The van der Waals surface area contributed by atoms with Crippen LogP contribution in [0.3, 0.4) is 0 Å². The number of hydrogen-bond acceptors (Lipinski definition) is 6. The fourth-order valence-corrected chi connectivity index (χ4v) is 6.15. The molecular weight excluding hydrogens is 590 g/mol. The summed E-state index contributed by atoms with van der Waals surface area (Å²) in [6.07, 6.45) is 10.7. The van der Waals surface area contributed by atoms with Gasteiger partial charge in [0.15, 0.2) is 0 Å². The summed E-state index contributed by atoms with van der Waals surface area (Å²) in [6, 6.07) is 8.48. The van der Waals surface area contributed by atoms with Crippen molar-refractivity contribution in [2.24, 2.45) is 0 Å². The maximum absolute atomic E-state index is 13.5. The summed E-state index contributed by atoms with van der Waals surface area (Å²) in [7, 11) is 0. The third-order valence-corrected chi connectivity index (χ3v) is 8.77. The zero-order chi connectivity index (χ0) is 34.0. The van der Waals surface area contributed by atoms with Gasteiger partial charge in [0, 0.05) is 42.6 Å². The highest BCUT2D eigenvalue weighted by Crippen LogP contribution is 2.28. The smallest absolute Gasteiger partial charge is 0.229 e. The molecule has 9 nitrogen and oxygen atoms in total. The second-order valence-electron chi connectivity index (χ2n) is 14.2. The number of fused-ring (bicyclic) bond motifs is 1. The average Bonchev–Trinajstić information content (AvgIpc) is 3.32. The van der Waals surface area contributed by atoms with Crippen molar-refractivity contribution in [3.05, 3.63) is 65.5 Å². The van der Waals surface area contributed by atoms with Gasteiger partial charge in [-0.2, -0.15) is 0 Å². The SMILES string of the molecule is C=C1NC(C)C(CCCCCC(=O)NC(C)(C)COC(C)(C)CC(=O)NCCC(=O)N2CC3=C(C#Cc4ccccc42)CCC=C3)N1. The molecule has 2 atom stereocenters. The Morgan fingerprint density at radius 2 is 1.83 bits per heavy atom. The molecule has 3 aliphatic rings. The lowest BCUT2D eigenvalue weighted by atomic mass is 9.95. The Hall–Kier alpha value is -4.03. The lowest BCUT2D eigenvalue weighted by molar-refractivity contribution is -0.131. The summed E-state index contributed by atoms with van der Waals surface area (Å²) in [5, 5.41) is 12.6. The fraction of sp³-hybridized carbons (Fsp3) is 0.553. The molecule has 4 N–H and O–H groups in total. The van der Waals surface area contributed by atoms with Crippen molar-refractivity contribution < 1.29 is 19.1 Å². The standard InChI is InChI=1S/C38H53N5O4/c1-27-32(41-28(2)40-27)17-8-7-9-19-34(44)42-37(3,4)26-47-38(5,6)24-35(45)39-23-22-36(46)43-25-31-16-11-10-14-29(31)20-21-30-15-12-13-18-33(30)43/h11-13,15-16,18,27,32,40-41H,2,7-10,14,17,19,22-26H2,1,3-6H3,(H,39,45)(H,42,44). The Bertz CT molecular complexity index is 1450. The van der Waals surface area contributed by atoms with Gasteiger partial charge in [0.1, 0.15) is 0 Å². The first-order valence-electron chi connectivity index (χ1n) is 17.1. The first-order chi connectivity index (χ1) is 22.3. The number of unbranched alkanes of at least 4 members (excludes halogenated alkanes) is 2. The highest BCUT2D eigenvalue weighted by molar-refractivity contribution is 5.96. The van der Waals surface area contributed by atoms with E-state index in [-0.39, 0.29) is 43.7 Å². The topological polar surface area (TPSA) is 112 Å². The monoisotopic (exact) mass is 643 g/mol. The van der Waals surface area contributed by atoms with Crippen LogP contribution in [0.25, 0.3) is 0 Å². The molecule has 2 unspecified atom stereocenters. The predicted molar refractivity (Wildman–Crippen MR) is 187 cm³/mol. The van der Waals surface area contributed by atoms with Crippen molar-refractivity contribution in [3.63, 3.8) is 0 Å². The molecule has 254 valence electrons. The Kier molecular flexibility index (Phi) is 12.3. The summed E-state index contributed by atoms with van der Waals surface area (Å²) in [6.45, 7) is 14.6. The van der Waals surface area contributed by atoms with E-state index in [1.54, 1.807) is 4.90 Å². The molecule has 3 amide bonds. The second-order valence-corrected chi connectivity index (χ2v) is 14.2. The Labute approximate surface area is 281 Å². The molecule has 2 aliphatic heterocycles. The summed E-state index contributed by atoms with van der Waals surface area (Å²) >= 11 is 0. The lowest BCUT2D eigenvalue weighted by Gasteiger charge is -2.32. The second kappa shape index (κ2) is 16.2. The van der Waals surface area contributed by atoms with E-state index in [2.05, 4.69) is 58.8 Å². The van der Waals surface area contributed by atoms with Crippen molar-refractivity contribution in [3.8, 4) is 11.8 Å². The summed E-state index contributed by atoms with van der Waals surface area (Å²) in [4.78, 5) is 40.7. The number of benzene rings is 1. The number of hydrogen-bond donors (Lipinski definition) is 4. The number of amides is 3. The number of carbonyl (C=O) groups excluding carboxylic acids is 3. The van der Waals surface area contributed by atoms with Crippen molar-refractivity contribution in [2.45, 2.75) is 116 Å². The van der Waals surface area contributed by atoms with Crippen molar-refractivity contribution in [1.82, 2.24) is 21.3 Å². The highest BCUT2D eigenvalue weighted by atomic mass is 16.5. The summed E-state index contributed by atoms with van der Waals surface area (Å²) in [5.74, 6) is 7.21. The van der Waals surface area contributed by atoms with Gasteiger partial charge in [0.05, 0.1) is 42.2 Å². The number of para-hydroxylation sites is 1. The van der Waals surface area contributed by atoms with Crippen LogP contribution >= 0.6 is 0 Å². The molecule has 1 saturated heterocycles. The molecule has 2 heterocycles. The minimum Gasteiger partial charge on any atom is -0.373 e. The van der Waals surface area contributed by atoms with E-state index in [0.29, 0.717) is 25.0 Å². The predicted octanol–water partition coefficient (Wildman–Crippen LogP) is 4.99. The van der Waals surface area contributed by atoms with Gasteiger partial charge >= 0.3 is 0 Å². The van der Waals surface area contributed by atoms with Gasteiger partial charge in [-0.05, 0) is 78.0 Å². The molecule has 0 saturated carbocycles. The van der Waals surface area contributed by atoms with Crippen LogP contribution < -0.4 is 26.2 Å². The Balaban J connectivity index is 1.16. The van der Waals surface area contributed by atoms with Crippen molar-refractivity contribution in [2.75, 3.05) is 24.6 Å². The molecule has 9 heteroatoms. The maximum atomic E-state index is 13.5. The van der Waals surface area contributed by atoms with Crippen LogP contribution in [-0.2, 0) is 19.1 Å². The van der Waals surface area contributed by atoms with Crippen LogP contribution in [-0.4, -0.2) is 60.6 Å². The normalized spacial score (nSPS) is 18.9. The van der Waals surface area contributed by atoms with Gasteiger partial charge < -0.3 is 30.9 Å². The number of nitrogens with one attached hydrogen (secondary N) is 4. The Morgan fingerprint density at radius 1 is 1.04 bits per heavy atom. The number of anilines is 1. The number of rotatable bonds is 15. The number of carbonyl (C=O) groups is 3. The Morgan fingerprint density at radius 3 is 2.60 bits per heavy atom. The van der Waals surface area contributed by atoms with E-state index in [0.717, 1.165) is 66.7 Å².